The second kappa shape index (κ2) is 5.12. The van der Waals surface area contributed by atoms with Gasteiger partial charge in [-0.15, -0.1) is 0 Å². The van der Waals surface area contributed by atoms with Crippen molar-refractivity contribution in [1.82, 2.24) is 0 Å². The molecular weight excluding hydrogens is 256 g/mol. The Kier molecular flexibility index (Phi) is 3.30. The number of rotatable bonds is 2. The summed E-state index contributed by atoms with van der Waals surface area (Å²) >= 11 is 0. The number of hydrogen-bond donors (Lipinski definition) is 0. The third kappa shape index (κ3) is 2.46. The summed E-state index contributed by atoms with van der Waals surface area (Å²) in [5.41, 5.74) is 1.84. The summed E-state index contributed by atoms with van der Waals surface area (Å²) in [7, 11) is 0. The largest absolute Gasteiger partial charge is 0.458 e. The van der Waals surface area contributed by atoms with Crippen LogP contribution in [0.1, 0.15) is 37.7 Å². The molecular formula is C16H16O4. The maximum absolute atomic E-state index is 12.2. The van der Waals surface area contributed by atoms with Crippen molar-refractivity contribution >= 4 is 11.8 Å². The van der Waals surface area contributed by atoms with Gasteiger partial charge in [0, 0.05) is 25.3 Å². The van der Waals surface area contributed by atoms with Gasteiger partial charge in [0.25, 0.3) is 0 Å². The van der Waals surface area contributed by atoms with Crippen molar-refractivity contribution in [1.29, 1.82) is 0 Å². The summed E-state index contributed by atoms with van der Waals surface area (Å²) in [6.07, 6.45) is 0.952. The molecule has 0 N–H and O–H groups in total. The number of esters is 1. The van der Waals surface area contributed by atoms with Crippen LogP contribution in [0, 0.1) is 0 Å². The second-order valence-corrected chi connectivity index (χ2v) is 5.20. The van der Waals surface area contributed by atoms with Crippen molar-refractivity contribution in [3.05, 3.63) is 47.2 Å². The van der Waals surface area contributed by atoms with Gasteiger partial charge in [0.2, 0.25) is 6.29 Å². The maximum Gasteiger partial charge on any atom is 0.305 e. The fourth-order valence-corrected chi connectivity index (χ4v) is 2.85. The molecule has 0 saturated heterocycles. The molecule has 0 bridgehead atoms. The minimum atomic E-state index is -0.629. The average molecular weight is 272 g/mol. The van der Waals surface area contributed by atoms with Crippen LogP contribution < -0.4 is 0 Å². The Morgan fingerprint density at radius 2 is 1.95 bits per heavy atom. The van der Waals surface area contributed by atoms with Gasteiger partial charge < -0.3 is 9.47 Å². The predicted octanol–water partition coefficient (Wildman–Crippen LogP) is 2.70. The first-order valence-corrected chi connectivity index (χ1v) is 6.77. The first kappa shape index (κ1) is 12.9. The monoisotopic (exact) mass is 272 g/mol. The number of carbonyl (C=O) groups is 2. The van der Waals surface area contributed by atoms with Gasteiger partial charge >= 0.3 is 5.97 Å². The zero-order chi connectivity index (χ0) is 14.1. The van der Waals surface area contributed by atoms with Crippen LogP contribution >= 0.6 is 0 Å². The lowest BCUT2D eigenvalue weighted by Crippen LogP contribution is -2.16. The van der Waals surface area contributed by atoms with Crippen molar-refractivity contribution in [3.8, 4) is 0 Å². The van der Waals surface area contributed by atoms with Gasteiger partial charge in [0.15, 0.2) is 5.78 Å². The molecule has 1 heterocycles. The maximum atomic E-state index is 12.2. The normalized spacial score (nSPS) is 25.1. The smallest absolute Gasteiger partial charge is 0.305 e. The van der Waals surface area contributed by atoms with Gasteiger partial charge in [-0.1, -0.05) is 30.3 Å². The van der Waals surface area contributed by atoms with E-state index < -0.39 is 6.29 Å². The number of carbonyl (C=O) groups excluding carboxylic acids is 2. The lowest BCUT2D eigenvalue weighted by molar-refractivity contribution is -0.165. The van der Waals surface area contributed by atoms with E-state index in [0.29, 0.717) is 30.6 Å². The van der Waals surface area contributed by atoms with Crippen molar-refractivity contribution in [2.75, 3.05) is 0 Å². The van der Waals surface area contributed by atoms with E-state index in [-0.39, 0.29) is 17.7 Å². The molecule has 4 heteroatoms. The Morgan fingerprint density at radius 3 is 2.65 bits per heavy atom. The predicted molar refractivity (Wildman–Crippen MR) is 71.7 cm³/mol. The van der Waals surface area contributed by atoms with E-state index in [0.717, 1.165) is 5.56 Å². The molecule has 0 saturated carbocycles. The first-order chi connectivity index (χ1) is 9.63. The summed E-state index contributed by atoms with van der Waals surface area (Å²) < 4.78 is 10.7. The zero-order valence-corrected chi connectivity index (χ0v) is 11.3. The third-order valence-corrected chi connectivity index (χ3v) is 3.75. The summed E-state index contributed by atoms with van der Waals surface area (Å²) in [6.45, 7) is 1.34. The van der Waals surface area contributed by atoms with Crippen molar-refractivity contribution < 1.29 is 19.1 Å². The summed E-state index contributed by atoms with van der Waals surface area (Å²) in [5.74, 6) is 0.566. The van der Waals surface area contributed by atoms with Crippen LogP contribution in [0.5, 0.6) is 0 Å². The lowest BCUT2D eigenvalue weighted by atomic mass is 9.82. The number of ketones is 1. The molecule has 2 aliphatic rings. The minimum Gasteiger partial charge on any atom is -0.458 e. The summed E-state index contributed by atoms with van der Waals surface area (Å²) in [6, 6.07) is 9.97. The molecule has 1 aromatic rings. The Labute approximate surface area is 117 Å². The lowest BCUT2D eigenvalue weighted by Gasteiger charge is -2.22. The van der Waals surface area contributed by atoms with Crippen LogP contribution in [-0.4, -0.2) is 18.0 Å². The molecule has 4 nitrogen and oxygen atoms in total. The molecule has 0 radical (unpaired) electrons. The van der Waals surface area contributed by atoms with Crippen LogP contribution in [0.3, 0.4) is 0 Å². The second-order valence-electron chi connectivity index (χ2n) is 5.20. The molecule has 0 fully saturated rings. The van der Waals surface area contributed by atoms with Crippen molar-refractivity contribution in [3.63, 3.8) is 0 Å². The molecule has 0 aromatic heterocycles. The SMILES string of the molecule is CC(=O)OC1CC2=C(CC(c3ccccc3)CC2=O)O1. The molecule has 1 aliphatic carbocycles. The molecule has 2 atom stereocenters. The van der Waals surface area contributed by atoms with Crippen molar-refractivity contribution in [2.45, 2.75) is 38.4 Å². The van der Waals surface area contributed by atoms with E-state index in [9.17, 15) is 9.59 Å². The zero-order valence-electron chi connectivity index (χ0n) is 11.3. The Hall–Kier alpha value is -2.10. The summed E-state index contributed by atoms with van der Waals surface area (Å²) in [5, 5.41) is 0. The number of ether oxygens (including phenoxy) is 2. The number of benzene rings is 1. The fourth-order valence-electron chi connectivity index (χ4n) is 2.85. The van der Waals surface area contributed by atoms with Crippen LogP contribution in [0.2, 0.25) is 0 Å². The number of Topliss-reactive ketones (excluding diaryl/α,β-unsaturated/α-hetero) is 1. The Morgan fingerprint density at radius 1 is 1.20 bits per heavy atom. The topological polar surface area (TPSA) is 52.6 Å². The van der Waals surface area contributed by atoms with Gasteiger partial charge in [-0.2, -0.15) is 0 Å². The Bertz CT molecular complexity index is 573. The first-order valence-electron chi connectivity index (χ1n) is 6.77. The molecule has 3 rings (SSSR count). The van der Waals surface area contributed by atoms with Gasteiger partial charge in [0.05, 0.1) is 6.42 Å². The van der Waals surface area contributed by atoms with E-state index in [1.165, 1.54) is 6.92 Å². The standard InChI is InChI=1S/C16H16O4/c1-10(17)19-16-9-13-14(18)7-12(8-15(13)20-16)11-5-3-2-4-6-11/h2-6,12,16H,7-9H2,1H3. The summed E-state index contributed by atoms with van der Waals surface area (Å²) in [4.78, 5) is 23.2. The molecule has 20 heavy (non-hydrogen) atoms. The van der Waals surface area contributed by atoms with Crippen LogP contribution in [0.4, 0.5) is 0 Å². The third-order valence-electron chi connectivity index (χ3n) is 3.75. The van der Waals surface area contributed by atoms with Crippen molar-refractivity contribution in [2.24, 2.45) is 0 Å². The van der Waals surface area contributed by atoms with Gasteiger partial charge in [0.1, 0.15) is 5.76 Å². The van der Waals surface area contributed by atoms with E-state index >= 15 is 0 Å². The molecule has 104 valence electrons. The molecule has 0 spiro atoms. The van der Waals surface area contributed by atoms with E-state index in [1.807, 2.05) is 30.3 Å². The Balaban J connectivity index is 1.76. The van der Waals surface area contributed by atoms with Gasteiger partial charge in [-0.3, -0.25) is 9.59 Å². The molecule has 1 aliphatic heterocycles. The van der Waals surface area contributed by atoms with Crippen LogP contribution in [0.25, 0.3) is 0 Å². The number of allylic oxidation sites excluding steroid dienone is 1. The van der Waals surface area contributed by atoms with E-state index in [4.69, 9.17) is 9.47 Å². The van der Waals surface area contributed by atoms with Gasteiger partial charge in [-0.25, -0.2) is 0 Å². The quantitative estimate of drug-likeness (QED) is 0.777. The highest BCUT2D eigenvalue weighted by Crippen LogP contribution is 2.40. The molecule has 1 aromatic carbocycles. The van der Waals surface area contributed by atoms with Gasteiger partial charge in [-0.05, 0) is 11.5 Å². The van der Waals surface area contributed by atoms with E-state index in [1.54, 1.807) is 0 Å². The van der Waals surface area contributed by atoms with Crippen LogP contribution in [-0.2, 0) is 19.1 Å². The number of hydrogen-bond acceptors (Lipinski definition) is 4. The fraction of sp³-hybridized carbons (Fsp3) is 0.375. The highest BCUT2D eigenvalue weighted by Gasteiger charge is 2.37. The highest BCUT2D eigenvalue weighted by atomic mass is 16.7. The van der Waals surface area contributed by atoms with E-state index in [2.05, 4.69) is 0 Å². The van der Waals surface area contributed by atoms with Crippen LogP contribution in [0.15, 0.2) is 41.7 Å². The molecule has 0 amide bonds. The highest BCUT2D eigenvalue weighted by molar-refractivity contribution is 5.97. The average Bonchev–Trinajstić information content (AvgIpc) is 2.82. The minimum absolute atomic E-state index is 0.106. The molecule has 2 unspecified atom stereocenters.